The molecule has 5 heteroatoms. The molecule has 1 fully saturated rings. The molecule has 1 heterocycles. The number of amides is 1. The van der Waals surface area contributed by atoms with Crippen LogP contribution >= 0.6 is 0 Å². The SMILES string of the molecule is CC1CCN(/C=C(/C#N)C(=O)Nc2ccccc2C#N)CC1. The van der Waals surface area contributed by atoms with Crippen molar-refractivity contribution in [1.29, 1.82) is 10.5 Å². The van der Waals surface area contributed by atoms with Crippen LogP contribution in [0.4, 0.5) is 5.69 Å². The van der Waals surface area contributed by atoms with E-state index in [1.165, 1.54) is 0 Å². The third-order valence-electron chi connectivity index (χ3n) is 3.79. The number of nitrogens with zero attached hydrogens (tertiary/aromatic N) is 3. The number of carbonyl (C=O) groups is 1. The fraction of sp³-hybridized carbons (Fsp3) is 0.353. The van der Waals surface area contributed by atoms with Gasteiger partial charge in [0.15, 0.2) is 0 Å². The van der Waals surface area contributed by atoms with Crippen LogP contribution in [0.2, 0.25) is 0 Å². The number of benzene rings is 1. The zero-order chi connectivity index (χ0) is 15.9. The molecule has 112 valence electrons. The van der Waals surface area contributed by atoms with E-state index in [1.54, 1.807) is 30.5 Å². The second-order valence-electron chi connectivity index (χ2n) is 5.48. The lowest BCUT2D eigenvalue weighted by atomic mass is 9.99. The first-order valence-corrected chi connectivity index (χ1v) is 7.30. The quantitative estimate of drug-likeness (QED) is 0.686. The van der Waals surface area contributed by atoms with Crippen LogP contribution in [-0.4, -0.2) is 23.9 Å². The van der Waals surface area contributed by atoms with E-state index in [0.29, 0.717) is 17.2 Å². The second kappa shape index (κ2) is 7.28. The van der Waals surface area contributed by atoms with Crippen molar-refractivity contribution in [3.05, 3.63) is 41.6 Å². The highest BCUT2D eigenvalue weighted by atomic mass is 16.1. The van der Waals surface area contributed by atoms with Crippen molar-refractivity contribution in [2.75, 3.05) is 18.4 Å². The molecule has 1 aromatic rings. The van der Waals surface area contributed by atoms with Crippen molar-refractivity contribution in [2.24, 2.45) is 5.92 Å². The molecule has 1 N–H and O–H groups in total. The van der Waals surface area contributed by atoms with E-state index in [0.717, 1.165) is 25.9 Å². The Hall–Kier alpha value is -2.79. The van der Waals surface area contributed by atoms with Crippen LogP contribution in [0.25, 0.3) is 0 Å². The highest BCUT2D eigenvalue weighted by Crippen LogP contribution is 2.18. The number of piperidine rings is 1. The highest BCUT2D eigenvalue weighted by molar-refractivity contribution is 6.07. The van der Waals surface area contributed by atoms with E-state index in [2.05, 4.69) is 12.2 Å². The van der Waals surface area contributed by atoms with Crippen molar-refractivity contribution >= 4 is 11.6 Å². The maximum absolute atomic E-state index is 12.2. The average Bonchev–Trinajstić information content (AvgIpc) is 2.54. The Morgan fingerprint density at radius 1 is 1.32 bits per heavy atom. The lowest BCUT2D eigenvalue weighted by Crippen LogP contribution is -2.29. The molecule has 0 spiro atoms. The molecule has 1 saturated heterocycles. The van der Waals surface area contributed by atoms with E-state index in [-0.39, 0.29) is 5.57 Å². The number of anilines is 1. The maximum Gasteiger partial charge on any atom is 0.267 e. The number of likely N-dealkylation sites (tertiary alicyclic amines) is 1. The lowest BCUT2D eigenvalue weighted by Gasteiger charge is -2.29. The summed E-state index contributed by atoms with van der Waals surface area (Å²) in [5.74, 6) is 0.204. The number of hydrogen-bond acceptors (Lipinski definition) is 4. The van der Waals surface area contributed by atoms with Gasteiger partial charge in [0.2, 0.25) is 0 Å². The third-order valence-corrected chi connectivity index (χ3v) is 3.79. The maximum atomic E-state index is 12.2. The molecule has 5 nitrogen and oxygen atoms in total. The van der Waals surface area contributed by atoms with Gasteiger partial charge in [0.1, 0.15) is 17.7 Å². The predicted octanol–water partition coefficient (Wildman–Crippen LogP) is 2.64. The topological polar surface area (TPSA) is 79.9 Å². The summed E-state index contributed by atoms with van der Waals surface area (Å²) in [6, 6.07) is 10.7. The average molecular weight is 294 g/mol. The smallest absolute Gasteiger partial charge is 0.267 e. The molecule has 0 aliphatic carbocycles. The van der Waals surface area contributed by atoms with E-state index in [1.807, 2.05) is 17.0 Å². The van der Waals surface area contributed by atoms with Gasteiger partial charge in [0.05, 0.1) is 11.3 Å². The van der Waals surface area contributed by atoms with Gasteiger partial charge >= 0.3 is 0 Å². The summed E-state index contributed by atoms with van der Waals surface area (Å²) in [6.45, 7) is 3.92. The Morgan fingerprint density at radius 3 is 2.64 bits per heavy atom. The molecular formula is C17H18N4O. The minimum atomic E-state index is -0.483. The normalized spacial score (nSPS) is 15.8. The first-order chi connectivity index (χ1) is 10.6. The zero-order valence-corrected chi connectivity index (χ0v) is 12.5. The number of rotatable bonds is 3. The Kier molecular flexibility index (Phi) is 5.16. The lowest BCUT2D eigenvalue weighted by molar-refractivity contribution is -0.112. The molecule has 0 bridgehead atoms. The fourth-order valence-corrected chi connectivity index (χ4v) is 2.36. The first-order valence-electron chi connectivity index (χ1n) is 7.30. The van der Waals surface area contributed by atoms with E-state index < -0.39 is 5.91 Å². The number of nitrogens with one attached hydrogen (secondary N) is 1. The standard InChI is InChI=1S/C17H18N4O/c1-13-6-8-21(9-7-13)12-15(11-19)17(22)20-16-5-3-2-4-14(16)10-18/h2-5,12-13H,6-9H2,1H3,(H,20,22)/b15-12-. The van der Waals surface area contributed by atoms with Crippen LogP contribution in [0.5, 0.6) is 0 Å². The van der Waals surface area contributed by atoms with Crippen molar-refractivity contribution in [2.45, 2.75) is 19.8 Å². The van der Waals surface area contributed by atoms with Crippen molar-refractivity contribution in [3.63, 3.8) is 0 Å². The van der Waals surface area contributed by atoms with E-state index >= 15 is 0 Å². The van der Waals surface area contributed by atoms with Gasteiger partial charge in [-0.05, 0) is 30.9 Å². The first kappa shape index (κ1) is 15.6. The number of nitriles is 2. The monoisotopic (exact) mass is 294 g/mol. The van der Waals surface area contributed by atoms with Crippen LogP contribution in [0.3, 0.4) is 0 Å². The van der Waals surface area contributed by atoms with E-state index in [9.17, 15) is 10.1 Å². The summed E-state index contributed by atoms with van der Waals surface area (Å²) in [5.41, 5.74) is 0.852. The van der Waals surface area contributed by atoms with Crippen LogP contribution in [0, 0.1) is 28.6 Å². The molecular weight excluding hydrogens is 276 g/mol. The molecule has 0 aromatic heterocycles. The fourth-order valence-electron chi connectivity index (χ4n) is 2.36. The van der Waals surface area contributed by atoms with Crippen molar-refractivity contribution in [1.82, 2.24) is 4.90 Å². The summed E-state index contributed by atoms with van der Waals surface area (Å²) >= 11 is 0. The predicted molar refractivity (Wildman–Crippen MR) is 83.5 cm³/mol. The summed E-state index contributed by atoms with van der Waals surface area (Å²) in [5, 5.41) is 20.9. The van der Waals surface area contributed by atoms with Crippen LogP contribution in [-0.2, 0) is 4.79 Å². The summed E-state index contributed by atoms with van der Waals surface area (Å²) in [7, 11) is 0. The molecule has 22 heavy (non-hydrogen) atoms. The number of hydrogen-bond donors (Lipinski definition) is 1. The van der Waals surface area contributed by atoms with Gasteiger partial charge in [-0.15, -0.1) is 0 Å². The summed E-state index contributed by atoms with van der Waals surface area (Å²) in [6.07, 6.45) is 3.75. The molecule has 1 aliphatic rings. The molecule has 2 rings (SSSR count). The van der Waals surface area contributed by atoms with Gasteiger partial charge in [-0.1, -0.05) is 19.1 Å². The van der Waals surface area contributed by atoms with Crippen LogP contribution < -0.4 is 5.32 Å². The molecule has 0 saturated carbocycles. The Bertz CT molecular complexity index is 658. The van der Waals surface area contributed by atoms with Crippen molar-refractivity contribution < 1.29 is 4.79 Å². The molecule has 1 amide bonds. The van der Waals surface area contributed by atoms with Gasteiger partial charge < -0.3 is 10.2 Å². The molecule has 1 aromatic carbocycles. The Morgan fingerprint density at radius 2 is 2.00 bits per heavy atom. The number of carbonyl (C=O) groups excluding carboxylic acids is 1. The molecule has 0 atom stereocenters. The minimum absolute atomic E-state index is 0.0577. The van der Waals surface area contributed by atoms with Crippen LogP contribution in [0.1, 0.15) is 25.3 Å². The zero-order valence-electron chi connectivity index (χ0n) is 12.5. The molecule has 1 aliphatic heterocycles. The van der Waals surface area contributed by atoms with Gasteiger partial charge in [0.25, 0.3) is 5.91 Å². The van der Waals surface area contributed by atoms with Gasteiger partial charge in [-0.3, -0.25) is 4.79 Å². The molecule has 0 radical (unpaired) electrons. The largest absolute Gasteiger partial charge is 0.376 e. The third kappa shape index (κ3) is 3.86. The van der Waals surface area contributed by atoms with E-state index in [4.69, 9.17) is 5.26 Å². The second-order valence-corrected chi connectivity index (χ2v) is 5.48. The summed E-state index contributed by atoms with van der Waals surface area (Å²) < 4.78 is 0. The summed E-state index contributed by atoms with van der Waals surface area (Å²) in [4.78, 5) is 14.2. The van der Waals surface area contributed by atoms with Gasteiger partial charge in [-0.25, -0.2) is 0 Å². The van der Waals surface area contributed by atoms with Gasteiger partial charge in [0, 0.05) is 19.3 Å². The Balaban J connectivity index is 2.09. The Labute approximate surface area is 130 Å². The van der Waals surface area contributed by atoms with Crippen molar-refractivity contribution in [3.8, 4) is 12.1 Å². The van der Waals surface area contributed by atoms with Gasteiger partial charge in [-0.2, -0.15) is 10.5 Å². The number of para-hydroxylation sites is 1. The van der Waals surface area contributed by atoms with Crippen LogP contribution in [0.15, 0.2) is 36.0 Å². The highest BCUT2D eigenvalue weighted by Gasteiger charge is 2.17. The minimum Gasteiger partial charge on any atom is -0.376 e. The molecule has 0 unspecified atom stereocenters.